The van der Waals surface area contributed by atoms with E-state index in [1.54, 1.807) is 6.07 Å². The molecule has 1 heterocycles. The smallest absolute Gasteiger partial charge is 0.417 e. The average molecular weight is 412 g/mol. The predicted octanol–water partition coefficient (Wildman–Crippen LogP) is 5.00. The van der Waals surface area contributed by atoms with Crippen LogP contribution in [0.25, 0.3) is 10.1 Å². The third kappa shape index (κ3) is 3.81. The minimum atomic E-state index is -4.81. The Morgan fingerprint density at radius 1 is 1.21 bits per heavy atom. The van der Waals surface area contributed by atoms with Gasteiger partial charge in [0.2, 0.25) is 5.91 Å². The third-order valence-electron chi connectivity index (χ3n) is 4.00. The molecule has 146 valence electrons. The zero-order valence-corrected chi connectivity index (χ0v) is 14.9. The number of fused-ring (bicyclic) bond motifs is 1. The highest BCUT2D eigenvalue weighted by Crippen LogP contribution is 2.37. The Morgan fingerprint density at radius 2 is 1.96 bits per heavy atom. The minimum absolute atomic E-state index is 0.182. The molecule has 0 aliphatic heterocycles. The zero-order valence-electron chi connectivity index (χ0n) is 14.0. The number of carbonyl (C=O) groups excluding carboxylic acids is 1. The monoisotopic (exact) mass is 412 g/mol. The first kappa shape index (κ1) is 19.7. The van der Waals surface area contributed by atoms with E-state index in [2.05, 4.69) is 5.18 Å². The molecule has 5 nitrogen and oxygen atoms in total. The predicted molar refractivity (Wildman–Crippen MR) is 95.6 cm³/mol. The van der Waals surface area contributed by atoms with Gasteiger partial charge in [0.15, 0.2) is 0 Å². The van der Waals surface area contributed by atoms with Crippen LogP contribution in [0.4, 0.5) is 17.6 Å². The summed E-state index contributed by atoms with van der Waals surface area (Å²) >= 11 is 1.16. The minimum Gasteiger partial charge on any atom is -0.489 e. The van der Waals surface area contributed by atoms with Crippen LogP contribution >= 0.6 is 11.3 Å². The fourth-order valence-corrected chi connectivity index (χ4v) is 3.91. The Labute approximate surface area is 159 Å². The summed E-state index contributed by atoms with van der Waals surface area (Å²) in [6.07, 6.45) is -4.81. The number of alkyl halides is 3. The maximum Gasteiger partial charge on any atom is 0.417 e. The molecule has 2 N–H and O–H groups in total. The second-order valence-electron chi connectivity index (χ2n) is 5.76. The van der Waals surface area contributed by atoms with Gasteiger partial charge in [0.1, 0.15) is 24.7 Å². The van der Waals surface area contributed by atoms with E-state index in [0.29, 0.717) is 21.2 Å². The van der Waals surface area contributed by atoms with E-state index in [9.17, 15) is 27.3 Å². The Kier molecular flexibility index (Phi) is 5.32. The van der Waals surface area contributed by atoms with E-state index in [-0.39, 0.29) is 24.3 Å². The molecular formula is C18H12F4N2O3S. The van der Waals surface area contributed by atoms with Crippen LogP contribution in [0.3, 0.4) is 0 Å². The van der Waals surface area contributed by atoms with Gasteiger partial charge < -0.3 is 10.5 Å². The number of nitrogens with two attached hydrogens (primary N) is 1. The van der Waals surface area contributed by atoms with Crippen LogP contribution < -0.4 is 10.5 Å². The lowest BCUT2D eigenvalue weighted by Crippen LogP contribution is -2.18. The highest BCUT2D eigenvalue weighted by molar-refractivity contribution is 7.19. The number of rotatable bonds is 6. The van der Waals surface area contributed by atoms with Gasteiger partial charge in [0.25, 0.3) is 0 Å². The number of benzene rings is 2. The van der Waals surface area contributed by atoms with Crippen LogP contribution in [0.2, 0.25) is 0 Å². The molecule has 1 amide bonds. The standard InChI is InChI=1S/C18H12F4N2O3S/c19-13-2-1-3-14-16(13)11(15(28-14)7-24-26)8-27-9-4-5-10(17(23)25)12(6-9)18(20,21)22/h1-6H,7-8H2,(H2,23,25). The molecule has 1 aromatic heterocycles. The number of primary amides is 1. The van der Waals surface area contributed by atoms with Gasteiger partial charge in [-0.3, -0.25) is 4.79 Å². The molecule has 0 bridgehead atoms. The Bertz CT molecular complexity index is 1060. The molecule has 0 saturated carbocycles. The van der Waals surface area contributed by atoms with Crippen molar-refractivity contribution in [3.63, 3.8) is 0 Å². The van der Waals surface area contributed by atoms with Crippen molar-refractivity contribution >= 4 is 27.3 Å². The molecule has 0 aliphatic carbocycles. The van der Waals surface area contributed by atoms with Gasteiger partial charge in [-0.15, -0.1) is 11.3 Å². The molecule has 0 spiro atoms. The second kappa shape index (κ2) is 7.55. The summed E-state index contributed by atoms with van der Waals surface area (Å²) in [6.45, 7) is -0.495. The van der Waals surface area contributed by atoms with E-state index in [1.165, 1.54) is 12.1 Å². The van der Waals surface area contributed by atoms with Crippen LogP contribution in [0.1, 0.15) is 26.4 Å². The molecule has 0 saturated heterocycles. The summed E-state index contributed by atoms with van der Waals surface area (Å²) < 4.78 is 59.7. The second-order valence-corrected chi connectivity index (χ2v) is 6.90. The SMILES string of the molecule is NC(=O)c1ccc(OCc2c(CN=O)sc3cccc(F)c23)cc1C(F)(F)F. The Morgan fingerprint density at radius 3 is 2.61 bits per heavy atom. The maximum atomic E-state index is 14.2. The Hall–Kier alpha value is -3.01. The largest absolute Gasteiger partial charge is 0.489 e. The molecule has 3 rings (SSSR count). The highest BCUT2D eigenvalue weighted by Gasteiger charge is 2.35. The fraction of sp³-hybridized carbons (Fsp3) is 0.167. The topological polar surface area (TPSA) is 81.8 Å². The van der Waals surface area contributed by atoms with Crippen molar-refractivity contribution in [2.45, 2.75) is 19.3 Å². The van der Waals surface area contributed by atoms with Crippen molar-refractivity contribution < 1.29 is 27.1 Å². The number of ether oxygens (including phenoxy) is 1. The van der Waals surface area contributed by atoms with E-state index in [0.717, 1.165) is 23.5 Å². The van der Waals surface area contributed by atoms with Gasteiger partial charge in [0, 0.05) is 20.5 Å². The summed E-state index contributed by atoms with van der Waals surface area (Å²) in [5.74, 6) is -1.94. The van der Waals surface area contributed by atoms with Crippen LogP contribution in [0.5, 0.6) is 5.75 Å². The lowest BCUT2D eigenvalue weighted by molar-refractivity contribution is -0.138. The van der Waals surface area contributed by atoms with Crippen molar-refractivity contribution in [1.82, 2.24) is 0 Å². The number of carbonyl (C=O) groups is 1. The van der Waals surface area contributed by atoms with Crippen molar-refractivity contribution in [3.8, 4) is 5.75 Å². The van der Waals surface area contributed by atoms with Crippen molar-refractivity contribution in [2.75, 3.05) is 0 Å². The van der Waals surface area contributed by atoms with Crippen LogP contribution in [0, 0.1) is 10.7 Å². The highest BCUT2D eigenvalue weighted by atomic mass is 32.1. The number of amides is 1. The summed E-state index contributed by atoms with van der Waals surface area (Å²) in [5, 5.41) is 3.04. The average Bonchev–Trinajstić information content (AvgIpc) is 2.98. The molecule has 3 aromatic rings. The summed E-state index contributed by atoms with van der Waals surface area (Å²) in [7, 11) is 0. The lowest BCUT2D eigenvalue weighted by Gasteiger charge is -2.13. The molecule has 28 heavy (non-hydrogen) atoms. The summed E-state index contributed by atoms with van der Waals surface area (Å²) in [5.41, 5.74) is 3.41. The molecule has 10 heteroatoms. The van der Waals surface area contributed by atoms with E-state index in [4.69, 9.17) is 10.5 Å². The van der Waals surface area contributed by atoms with Gasteiger partial charge in [-0.2, -0.15) is 18.1 Å². The molecular weight excluding hydrogens is 400 g/mol. The first-order valence-corrected chi connectivity index (χ1v) is 8.65. The number of hydrogen-bond acceptors (Lipinski definition) is 5. The Balaban J connectivity index is 1.97. The van der Waals surface area contributed by atoms with E-state index >= 15 is 0 Å². The lowest BCUT2D eigenvalue weighted by atomic mass is 10.1. The maximum absolute atomic E-state index is 14.2. The third-order valence-corrected chi connectivity index (χ3v) is 5.18. The first-order chi connectivity index (χ1) is 13.2. The fourth-order valence-electron chi connectivity index (χ4n) is 2.77. The molecule has 0 aliphatic rings. The molecule has 0 unspecified atom stereocenters. The molecule has 2 aromatic carbocycles. The number of nitrogens with zero attached hydrogens (tertiary/aromatic N) is 1. The first-order valence-electron chi connectivity index (χ1n) is 7.84. The summed E-state index contributed by atoms with van der Waals surface area (Å²) in [6, 6.07) is 7.14. The number of thiophene rings is 1. The van der Waals surface area contributed by atoms with Crippen LogP contribution in [-0.2, 0) is 19.3 Å². The number of hydrogen-bond donors (Lipinski definition) is 1. The zero-order chi connectivity index (χ0) is 20.5. The van der Waals surface area contributed by atoms with Gasteiger partial charge in [-0.1, -0.05) is 11.2 Å². The number of halogens is 4. The van der Waals surface area contributed by atoms with Gasteiger partial charge in [-0.05, 0) is 30.3 Å². The van der Waals surface area contributed by atoms with Crippen molar-refractivity contribution in [3.05, 3.63) is 68.7 Å². The molecule has 0 atom stereocenters. The number of nitroso groups, excluding NO2 is 1. The molecule has 0 fully saturated rings. The summed E-state index contributed by atoms with van der Waals surface area (Å²) in [4.78, 5) is 22.4. The van der Waals surface area contributed by atoms with Crippen molar-refractivity contribution in [2.24, 2.45) is 10.9 Å². The van der Waals surface area contributed by atoms with E-state index < -0.39 is 29.0 Å². The normalized spacial score (nSPS) is 11.6. The van der Waals surface area contributed by atoms with Gasteiger partial charge in [-0.25, -0.2) is 4.39 Å². The van der Waals surface area contributed by atoms with E-state index in [1.807, 2.05) is 0 Å². The van der Waals surface area contributed by atoms with Crippen molar-refractivity contribution in [1.29, 1.82) is 0 Å². The quantitative estimate of drug-likeness (QED) is 0.457. The molecule has 0 radical (unpaired) electrons. The van der Waals surface area contributed by atoms with Crippen LogP contribution in [-0.4, -0.2) is 5.91 Å². The van der Waals surface area contributed by atoms with Gasteiger partial charge in [0.05, 0.1) is 11.1 Å². The van der Waals surface area contributed by atoms with Crippen LogP contribution in [0.15, 0.2) is 41.6 Å². The van der Waals surface area contributed by atoms with Gasteiger partial charge >= 0.3 is 6.18 Å².